The summed E-state index contributed by atoms with van der Waals surface area (Å²) >= 11 is 0. The van der Waals surface area contributed by atoms with E-state index in [9.17, 15) is 2.74 Å². The molecule has 0 radical (unpaired) electrons. The van der Waals surface area contributed by atoms with E-state index in [4.69, 9.17) is 9.90 Å². The minimum Gasteiger partial charge on any atom is -0.455 e. The van der Waals surface area contributed by atoms with E-state index < -0.39 is 12.1 Å². The smallest absolute Gasteiger partial charge is 0.143 e. The Labute approximate surface area is 268 Å². The van der Waals surface area contributed by atoms with E-state index in [0.717, 1.165) is 65.3 Å². The first-order chi connectivity index (χ1) is 24.8. The molecule has 45 heavy (non-hydrogen) atoms. The van der Waals surface area contributed by atoms with Crippen molar-refractivity contribution in [1.29, 1.82) is 0 Å². The van der Waals surface area contributed by atoms with Crippen LogP contribution < -0.4 is 0 Å². The van der Waals surface area contributed by atoms with Crippen LogP contribution in [0.5, 0.6) is 0 Å². The van der Waals surface area contributed by atoms with E-state index >= 15 is 0 Å². The summed E-state index contributed by atoms with van der Waals surface area (Å²) in [5.74, 6) is 0. The molecule has 1 heterocycles. The first kappa shape index (κ1) is 19.4. The summed E-state index contributed by atoms with van der Waals surface area (Å²) in [6, 6.07) is 39.8. The predicted octanol–water partition coefficient (Wildman–Crippen LogP) is 12.7. The molecule has 208 valence electrons. The van der Waals surface area contributed by atoms with E-state index in [2.05, 4.69) is 84.9 Å². The number of hydrogen-bond donors (Lipinski definition) is 0. The molecule has 0 aliphatic rings. The fraction of sp³-hybridized carbons (Fsp3) is 0. The van der Waals surface area contributed by atoms with Crippen molar-refractivity contribution in [3.8, 4) is 22.3 Å². The van der Waals surface area contributed by atoms with E-state index in [1.165, 1.54) is 0 Å². The zero-order chi connectivity index (χ0) is 34.7. The molecule has 0 N–H and O–H groups in total. The molecule has 0 aliphatic heterocycles. The highest BCUT2D eigenvalue weighted by atomic mass is 16.3. The highest BCUT2D eigenvalue weighted by Crippen LogP contribution is 2.49. The second kappa shape index (κ2) is 9.29. The fourth-order valence-corrected chi connectivity index (χ4v) is 7.16. The van der Waals surface area contributed by atoms with Gasteiger partial charge in [0.05, 0.1) is 8.22 Å². The van der Waals surface area contributed by atoms with Crippen molar-refractivity contribution in [2.75, 3.05) is 0 Å². The number of benzene rings is 9. The van der Waals surface area contributed by atoms with Gasteiger partial charge in [-0.3, -0.25) is 0 Å². The molecule has 9 aromatic carbocycles. The lowest BCUT2D eigenvalue weighted by Gasteiger charge is -2.19. The van der Waals surface area contributed by atoms with Gasteiger partial charge in [0, 0.05) is 16.2 Å². The molecule has 0 amide bonds. The van der Waals surface area contributed by atoms with Crippen molar-refractivity contribution >= 4 is 75.8 Å². The lowest BCUT2D eigenvalue weighted by molar-refractivity contribution is 0.673. The number of furan rings is 1. The second-order valence-electron chi connectivity index (χ2n) is 11.6. The summed E-state index contributed by atoms with van der Waals surface area (Å²) in [5, 5.41) is 9.02. The molecule has 0 saturated carbocycles. The third-order valence-electron chi connectivity index (χ3n) is 9.08. The maximum Gasteiger partial charge on any atom is 0.143 e. The van der Waals surface area contributed by atoms with Crippen LogP contribution in [0.3, 0.4) is 0 Å². The number of hydrogen-bond acceptors (Lipinski definition) is 1. The van der Waals surface area contributed by atoms with Crippen molar-refractivity contribution in [2.45, 2.75) is 0 Å². The van der Waals surface area contributed by atoms with Gasteiger partial charge >= 0.3 is 0 Å². The van der Waals surface area contributed by atoms with Crippen molar-refractivity contribution in [2.24, 2.45) is 0 Å². The maximum absolute atomic E-state index is 9.61. The van der Waals surface area contributed by atoms with E-state index in [1.54, 1.807) is 0 Å². The SMILES string of the molecule is [2H]c1c([2H])c([2H])c2c([2H])c3c(oc4c5cc6ccccc6cc5cc(-c5c6ccccc6c(-c6ccccc6)c6ccccc56)c43)c([2H])c2c1[2H]. The molecule has 1 nitrogen and oxygen atoms in total. The average molecular weight is 577 g/mol. The van der Waals surface area contributed by atoms with Crippen LogP contribution in [0.2, 0.25) is 0 Å². The van der Waals surface area contributed by atoms with Crippen molar-refractivity contribution in [3.63, 3.8) is 0 Å². The lowest BCUT2D eigenvalue weighted by Crippen LogP contribution is -1.91. The Morgan fingerprint density at radius 2 is 1.02 bits per heavy atom. The Hall–Kier alpha value is -5.92. The summed E-state index contributed by atoms with van der Waals surface area (Å²) < 4.78 is 60.0. The van der Waals surface area contributed by atoms with Gasteiger partial charge in [-0.15, -0.1) is 0 Å². The zero-order valence-electron chi connectivity index (χ0n) is 30.0. The highest BCUT2D eigenvalue weighted by molar-refractivity contribution is 6.29. The summed E-state index contributed by atoms with van der Waals surface area (Å²) in [6.07, 6.45) is 0. The Kier molecular flexibility index (Phi) is 4.00. The summed E-state index contributed by atoms with van der Waals surface area (Å²) in [4.78, 5) is 0. The molecule has 0 unspecified atom stereocenters. The Morgan fingerprint density at radius 3 is 1.71 bits per heavy atom. The monoisotopic (exact) mass is 576 g/mol. The van der Waals surface area contributed by atoms with Crippen LogP contribution in [0.1, 0.15) is 8.22 Å². The van der Waals surface area contributed by atoms with Crippen LogP contribution >= 0.6 is 0 Å². The van der Waals surface area contributed by atoms with E-state index in [1.807, 2.05) is 36.4 Å². The van der Waals surface area contributed by atoms with Crippen LogP contribution in [0, 0.1) is 0 Å². The van der Waals surface area contributed by atoms with Gasteiger partial charge in [0.2, 0.25) is 0 Å². The first-order valence-corrected chi connectivity index (χ1v) is 15.0. The predicted molar refractivity (Wildman–Crippen MR) is 192 cm³/mol. The molecule has 0 spiro atoms. The number of rotatable bonds is 2. The number of fused-ring (bicyclic) bond motifs is 9. The molecule has 0 bridgehead atoms. The average Bonchev–Trinajstić information content (AvgIpc) is 3.58. The largest absolute Gasteiger partial charge is 0.455 e. The summed E-state index contributed by atoms with van der Waals surface area (Å²) in [5.41, 5.74) is 4.66. The van der Waals surface area contributed by atoms with Crippen molar-refractivity contribution in [1.82, 2.24) is 0 Å². The third kappa shape index (κ3) is 3.56. The molecule has 10 rings (SSSR count). The van der Waals surface area contributed by atoms with E-state index in [-0.39, 0.29) is 40.5 Å². The van der Waals surface area contributed by atoms with Gasteiger partial charge in [-0.1, -0.05) is 127 Å². The molecular formula is C44H26O. The van der Waals surface area contributed by atoms with Gasteiger partial charge in [0.25, 0.3) is 0 Å². The van der Waals surface area contributed by atoms with Crippen LogP contribution in [0.25, 0.3) is 98.1 Å². The topological polar surface area (TPSA) is 13.1 Å². The van der Waals surface area contributed by atoms with Gasteiger partial charge in [-0.25, -0.2) is 0 Å². The Balaban J connectivity index is 1.49. The van der Waals surface area contributed by atoms with Crippen LogP contribution in [0.4, 0.5) is 0 Å². The van der Waals surface area contributed by atoms with Gasteiger partial charge in [-0.05, 0) is 101 Å². The van der Waals surface area contributed by atoms with E-state index in [0.29, 0.717) is 16.4 Å². The fourth-order valence-electron chi connectivity index (χ4n) is 7.16. The molecule has 0 aliphatic carbocycles. The zero-order valence-corrected chi connectivity index (χ0v) is 24.0. The maximum atomic E-state index is 9.61. The Morgan fingerprint density at radius 1 is 0.444 bits per heavy atom. The molecule has 10 aromatic rings. The first-order valence-electron chi connectivity index (χ1n) is 18.0. The quantitative estimate of drug-likeness (QED) is 0.187. The standard InChI is InChI=1S/C44H26O/c1-2-12-27(13-3-1)41-33-18-8-10-20-35(33)42(36-21-11-9-19-34(36)41)39-25-32-22-28-14-4-5-15-29(28)23-37(32)44-43(39)38-24-30-16-6-7-17-31(30)26-40(38)45-44/h1-26H/i6D,7D,16D,17D,24D,26D. The molecule has 0 fully saturated rings. The minimum absolute atomic E-state index is 0.0138. The minimum atomic E-state index is -0.440. The van der Waals surface area contributed by atoms with Crippen LogP contribution in [-0.4, -0.2) is 0 Å². The normalized spacial score (nSPS) is 13.9. The van der Waals surface area contributed by atoms with Crippen LogP contribution in [0.15, 0.2) is 162 Å². The molecule has 1 aromatic heterocycles. The van der Waals surface area contributed by atoms with Crippen LogP contribution in [-0.2, 0) is 0 Å². The molecule has 1 heteroatoms. The third-order valence-corrected chi connectivity index (χ3v) is 9.08. The Bertz CT molecular complexity index is 3090. The second-order valence-corrected chi connectivity index (χ2v) is 11.6. The van der Waals surface area contributed by atoms with Gasteiger partial charge in [0.1, 0.15) is 11.2 Å². The summed E-state index contributed by atoms with van der Waals surface area (Å²) in [7, 11) is 0. The van der Waals surface area contributed by atoms with Crippen molar-refractivity contribution in [3.05, 3.63) is 158 Å². The van der Waals surface area contributed by atoms with Gasteiger partial charge in [0.15, 0.2) is 0 Å². The van der Waals surface area contributed by atoms with Gasteiger partial charge in [-0.2, -0.15) is 0 Å². The van der Waals surface area contributed by atoms with Gasteiger partial charge < -0.3 is 4.42 Å². The van der Waals surface area contributed by atoms with Crippen molar-refractivity contribution < 1.29 is 12.6 Å². The molecule has 0 atom stereocenters. The lowest BCUT2D eigenvalue weighted by atomic mass is 9.84. The summed E-state index contributed by atoms with van der Waals surface area (Å²) in [6.45, 7) is 0. The molecular weight excluding hydrogens is 544 g/mol. The molecule has 0 saturated heterocycles. The highest BCUT2D eigenvalue weighted by Gasteiger charge is 2.22.